The Morgan fingerprint density at radius 1 is 1.09 bits per heavy atom. The summed E-state index contributed by atoms with van der Waals surface area (Å²) in [5.41, 5.74) is 7.77. The first-order valence-electron chi connectivity index (χ1n) is 10.6. The minimum Gasteiger partial charge on any atom is -0.365 e. The van der Waals surface area contributed by atoms with E-state index in [2.05, 4.69) is 12.2 Å². The van der Waals surface area contributed by atoms with E-state index in [0.29, 0.717) is 22.2 Å². The number of nitrogens with one attached hydrogen (secondary N) is 1. The van der Waals surface area contributed by atoms with Gasteiger partial charge in [-0.15, -0.1) is 11.3 Å². The molecule has 2 aromatic carbocycles. The minimum atomic E-state index is -3.78. The highest BCUT2D eigenvalue weighted by Crippen LogP contribution is 2.39. The van der Waals surface area contributed by atoms with Crippen molar-refractivity contribution in [1.82, 2.24) is 0 Å². The first-order chi connectivity index (χ1) is 15.7. The predicted octanol–water partition coefficient (Wildman–Crippen LogP) is 4.05. The van der Waals surface area contributed by atoms with Gasteiger partial charge in [-0.25, -0.2) is 8.42 Å². The highest BCUT2D eigenvalue weighted by atomic mass is 32.2. The molecule has 33 heavy (non-hydrogen) atoms. The zero-order chi connectivity index (χ0) is 23.8. The second-order valence-corrected chi connectivity index (χ2v) is 11.3. The summed E-state index contributed by atoms with van der Waals surface area (Å²) < 4.78 is 27.1. The number of rotatable bonds is 6. The third kappa shape index (κ3) is 4.51. The molecule has 1 atom stereocenters. The Morgan fingerprint density at radius 3 is 2.39 bits per heavy atom. The van der Waals surface area contributed by atoms with Crippen LogP contribution in [-0.4, -0.2) is 27.3 Å². The van der Waals surface area contributed by atoms with E-state index < -0.39 is 21.8 Å². The van der Waals surface area contributed by atoms with Crippen LogP contribution in [-0.2, 0) is 22.9 Å². The van der Waals surface area contributed by atoms with E-state index in [4.69, 9.17) is 5.73 Å². The van der Waals surface area contributed by atoms with Crippen molar-refractivity contribution in [2.24, 2.45) is 11.7 Å². The number of nitrogens with zero attached hydrogens (tertiary/aromatic N) is 1. The topological polar surface area (TPSA) is 110 Å². The van der Waals surface area contributed by atoms with Gasteiger partial charge in [0.1, 0.15) is 5.00 Å². The van der Waals surface area contributed by atoms with Crippen LogP contribution in [0.2, 0.25) is 0 Å². The summed E-state index contributed by atoms with van der Waals surface area (Å²) in [5, 5.41) is 3.26. The zero-order valence-corrected chi connectivity index (χ0v) is 20.0. The summed E-state index contributed by atoms with van der Waals surface area (Å²) in [6, 6.07) is 14.5. The van der Waals surface area contributed by atoms with E-state index in [9.17, 15) is 18.0 Å². The molecule has 3 N–H and O–H groups in total. The summed E-state index contributed by atoms with van der Waals surface area (Å²) in [5.74, 6) is -0.462. The Morgan fingerprint density at radius 2 is 1.76 bits per heavy atom. The van der Waals surface area contributed by atoms with E-state index in [-0.39, 0.29) is 10.5 Å². The molecular formula is C24H25N3O4S2. The molecule has 7 nitrogen and oxygen atoms in total. The van der Waals surface area contributed by atoms with E-state index in [1.165, 1.54) is 47.0 Å². The molecule has 1 aliphatic carbocycles. The number of fused-ring (bicyclic) bond motifs is 1. The molecule has 1 heterocycles. The van der Waals surface area contributed by atoms with Crippen LogP contribution in [0.4, 0.5) is 10.7 Å². The lowest BCUT2D eigenvalue weighted by molar-refractivity contribution is 0.1000. The number of anilines is 2. The van der Waals surface area contributed by atoms with Crippen LogP contribution in [0.25, 0.3) is 0 Å². The molecule has 0 aliphatic heterocycles. The summed E-state index contributed by atoms with van der Waals surface area (Å²) in [6.45, 7) is 2.16. The van der Waals surface area contributed by atoms with Crippen molar-refractivity contribution < 1.29 is 18.0 Å². The quantitative estimate of drug-likeness (QED) is 0.551. The summed E-state index contributed by atoms with van der Waals surface area (Å²) in [7, 11) is -2.29. The first kappa shape index (κ1) is 23.0. The smallest absolute Gasteiger partial charge is 0.264 e. The largest absolute Gasteiger partial charge is 0.365 e. The number of amides is 2. The molecule has 172 valence electrons. The molecule has 0 radical (unpaired) electrons. The molecule has 9 heteroatoms. The van der Waals surface area contributed by atoms with Gasteiger partial charge in [0.15, 0.2) is 0 Å². The Bertz CT molecular complexity index is 1300. The Labute approximate surface area is 197 Å². The molecule has 0 saturated carbocycles. The Balaban J connectivity index is 1.56. The molecule has 2 amide bonds. The van der Waals surface area contributed by atoms with Gasteiger partial charge in [-0.1, -0.05) is 25.1 Å². The highest BCUT2D eigenvalue weighted by Gasteiger charge is 2.27. The first-order valence-corrected chi connectivity index (χ1v) is 12.8. The molecule has 0 fully saturated rings. The monoisotopic (exact) mass is 483 g/mol. The second-order valence-electron chi connectivity index (χ2n) is 8.21. The van der Waals surface area contributed by atoms with E-state index >= 15 is 0 Å². The van der Waals surface area contributed by atoms with Gasteiger partial charge in [0.2, 0.25) is 0 Å². The number of hydrogen-bond acceptors (Lipinski definition) is 5. The van der Waals surface area contributed by atoms with Crippen LogP contribution in [0.5, 0.6) is 0 Å². The summed E-state index contributed by atoms with van der Waals surface area (Å²) in [6.07, 6.45) is 2.60. The molecule has 0 saturated heterocycles. The molecule has 1 aliphatic rings. The van der Waals surface area contributed by atoms with Crippen LogP contribution >= 0.6 is 11.3 Å². The molecule has 0 unspecified atom stereocenters. The van der Waals surface area contributed by atoms with Crippen molar-refractivity contribution in [1.29, 1.82) is 0 Å². The normalized spacial score (nSPS) is 15.5. The van der Waals surface area contributed by atoms with Gasteiger partial charge in [0, 0.05) is 17.5 Å². The van der Waals surface area contributed by atoms with Gasteiger partial charge in [0.25, 0.3) is 21.8 Å². The lowest BCUT2D eigenvalue weighted by Crippen LogP contribution is -2.26. The second kappa shape index (κ2) is 8.99. The Kier molecular flexibility index (Phi) is 6.27. The third-order valence-corrected chi connectivity index (χ3v) is 8.85. The van der Waals surface area contributed by atoms with Crippen molar-refractivity contribution >= 4 is 43.9 Å². The van der Waals surface area contributed by atoms with Crippen molar-refractivity contribution in [2.75, 3.05) is 16.7 Å². The highest BCUT2D eigenvalue weighted by molar-refractivity contribution is 7.92. The fourth-order valence-electron chi connectivity index (χ4n) is 3.99. The van der Waals surface area contributed by atoms with Gasteiger partial charge < -0.3 is 11.1 Å². The number of carbonyl (C=O) groups excluding carboxylic acids is 2. The fourth-order valence-corrected chi connectivity index (χ4v) is 6.59. The Hall–Kier alpha value is -3.17. The maximum absolute atomic E-state index is 12.9. The van der Waals surface area contributed by atoms with Crippen LogP contribution in [0.3, 0.4) is 0 Å². The van der Waals surface area contributed by atoms with Crippen molar-refractivity contribution in [2.45, 2.75) is 31.1 Å². The van der Waals surface area contributed by atoms with Crippen LogP contribution in [0.15, 0.2) is 59.5 Å². The summed E-state index contributed by atoms with van der Waals surface area (Å²) in [4.78, 5) is 26.1. The van der Waals surface area contributed by atoms with Gasteiger partial charge >= 0.3 is 0 Å². The fraction of sp³-hybridized carbons (Fsp3) is 0.250. The van der Waals surface area contributed by atoms with Crippen LogP contribution in [0, 0.1) is 5.92 Å². The average molecular weight is 484 g/mol. The van der Waals surface area contributed by atoms with Gasteiger partial charge in [-0.05, 0) is 67.1 Å². The van der Waals surface area contributed by atoms with E-state index in [0.717, 1.165) is 29.7 Å². The van der Waals surface area contributed by atoms with Gasteiger partial charge in [0.05, 0.1) is 16.1 Å². The minimum absolute atomic E-state index is 0.0730. The molecular weight excluding hydrogens is 458 g/mol. The van der Waals surface area contributed by atoms with E-state index in [1.54, 1.807) is 24.3 Å². The maximum atomic E-state index is 12.9. The van der Waals surface area contributed by atoms with Crippen molar-refractivity contribution in [3.05, 3.63) is 76.2 Å². The van der Waals surface area contributed by atoms with Gasteiger partial charge in [-0.2, -0.15) is 0 Å². The van der Waals surface area contributed by atoms with Gasteiger partial charge in [-0.3, -0.25) is 13.9 Å². The number of carbonyl (C=O) groups is 2. The lowest BCUT2D eigenvalue weighted by Gasteiger charge is -2.19. The number of benzene rings is 2. The van der Waals surface area contributed by atoms with Crippen molar-refractivity contribution in [3.8, 4) is 0 Å². The zero-order valence-electron chi connectivity index (χ0n) is 18.4. The number of hydrogen-bond donors (Lipinski definition) is 2. The molecule has 1 aromatic heterocycles. The molecule has 0 spiro atoms. The SMILES string of the molecule is C[C@H]1CCc2c(sc(NC(=O)c3ccc(S(=O)(=O)N(C)c4ccccc4)cc3)c2C(N)=O)C1. The molecule has 3 aromatic rings. The van der Waals surface area contributed by atoms with Crippen LogP contribution < -0.4 is 15.4 Å². The summed E-state index contributed by atoms with van der Waals surface area (Å²) >= 11 is 1.39. The molecule has 0 bridgehead atoms. The molecule has 4 rings (SSSR count). The number of para-hydroxylation sites is 1. The number of primary amides is 1. The van der Waals surface area contributed by atoms with Crippen LogP contribution in [0.1, 0.15) is 44.5 Å². The predicted molar refractivity (Wildman–Crippen MR) is 130 cm³/mol. The standard InChI is InChI=1S/C24H25N3O4S2/c1-15-8-13-19-20(14-15)32-24(21(19)22(25)28)26-23(29)16-9-11-18(12-10-16)33(30,31)27(2)17-6-4-3-5-7-17/h3-7,9-12,15H,8,13-14H2,1-2H3,(H2,25,28)(H,26,29)/t15-/m0/s1. The maximum Gasteiger partial charge on any atom is 0.264 e. The average Bonchev–Trinajstić information content (AvgIpc) is 3.16. The number of sulfonamides is 1. The third-order valence-electron chi connectivity index (χ3n) is 5.88. The van der Waals surface area contributed by atoms with E-state index in [1.807, 2.05) is 6.07 Å². The van der Waals surface area contributed by atoms with Crippen molar-refractivity contribution in [3.63, 3.8) is 0 Å². The number of nitrogens with two attached hydrogens (primary N) is 1. The lowest BCUT2D eigenvalue weighted by atomic mass is 9.88. The number of thiophene rings is 1.